The van der Waals surface area contributed by atoms with Crippen molar-refractivity contribution in [1.29, 1.82) is 0 Å². The molecule has 0 spiro atoms. The summed E-state index contributed by atoms with van der Waals surface area (Å²) < 4.78 is 10.6. The normalized spacial score (nSPS) is 17.9. The van der Waals surface area contributed by atoms with Crippen LogP contribution >= 0.6 is 0 Å². The zero-order chi connectivity index (χ0) is 13.3. The maximum Gasteiger partial charge on any atom is 0.162 e. The van der Waals surface area contributed by atoms with E-state index in [4.69, 9.17) is 15.2 Å². The minimum absolute atomic E-state index is 0.347. The summed E-state index contributed by atoms with van der Waals surface area (Å²) in [6.07, 6.45) is 1.18. The van der Waals surface area contributed by atoms with Crippen LogP contribution in [0.2, 0.25) is 0 Å². The topological polar surface area (TPSA) is 47.7 Å². The van der Waals surface area contributed by atoms with E-state index in [0.717, 1.165) is 30.2 Å². The van der Waals surface area contributed by atoms with Gasteiger partial charge in [-0.2, -0.15) is 0 Å². The van der Waals surface area contributed by atoms with E-state index in [2.05, 4.69) is 18.7 Å². The van der Waals surface area contributed by atoms with Crippen molar-refractivity contribution in [3.05, 3.63) is 12.1 Å². The lowest BCUT2D eigenvalue weighted by Crippen LogP contribution is -2.23. The average molecular weight is 250 g/mol. The van der Waals surface area contributed by atoms with Gasteiger partial charge in [-0.15, -0.1) is 0 Å². The molecule has 2 rings (SSSR count). The number of anilines is 2. The van der Waals surface area contributed by atoms with Crippen molar-refractivity contribution in [1.82, 2.24) is 0 Å². The van der Waals surface area contributed by atoms with E-state index in [9.17, 15) is 0 Å². The second-order valence-corrected chi connectivity index (χ2v) is 5.60. The number of ether oxygens (including phenoxy) is 2. The van der Waals surface area contributed by atoms with Crippen LogP contribution in [0, 0.1) is 5.41 Å². The second-order valence-electron chi connectivity index (χ2n) is 5.60. The van der Waals surface area contributed by atoms with Gasteiger partial charge in [0.25, 0.3) is 0 Å². The third-order valence-corrected chi connectivity index (χ3v) is 3.55. The van der Waals surface area contributed by atoms with Crippen LogP contribution in [0.5, 0.6) is 11.5 Å². The molecule has 1 fully saturated rings. The van der Waals surface area contributed by atoms with Crippen LogP contribution < -0.4 is 20.1 Å². The number of nitrogen functional groups attached to an aromatic ring is 1. The molecule has 1 aliphatic heterocycles. The van der Waals surface area contributed by atoms with Gasteiger partial charge in [0, 0.05) is 25.2 Å². The SMILES string of the molecule is COc1cc(N)c(N2CCC(C)(C)C2)cc1OC. The van der Waals surface area contributed by atoms with Crippen LogP contribution in [0.15, 0.2) is 12.1 Å². The molecule has 0 aromatic heterocycles. The third kappa shape index (κ3) is 2.33. The molecule has 0 saturated carbocycles. The fourth-order valence-electron chi connectivity index (χ4n) is 2.48. The van der Waals surface area contributed by atoms with Crippen LogP contribution in [0.4, 0.5) is 11.4 Å². The van der Waals surface area contributed by atoms with Gasteiger partial charge >= 0.3 is 0 Å². The van der Waals surface area contributed by atoms with E-state index >= 15 is 0 Å². The molecule has 18 heavy (non-hydrogen) atoms. The highest BCUT2D eigenvalue weighted by molar-refractivity contribution is 5.73. The minimum atomic E-state index is 0.347. The zero-order valence-electron chi connectivity index (χ0n) is 11.6. The summed E-state index contributed by atoms with van der Waals surface area (Å²) in [6, 6.07) is 3.80. The van der Waals surface area contributed by atoms with Gasteiger partial charge in [-0.1, -0.05) is 13.8 Å². The predicted molar refractivity (Wildman–Crippen MR) is 74.6 cm³/mol. The summed E-state index contributed by atoms with van der Waals surface area (Å²) in [4.78, 5) is 2.32. The molecule has 0 radical (unpaired) electrons. The van der Waals surface area contributed by atoms with Crippen molar-refractivity contribution in [2.75, 3.05) is 37.9 Å². The van der Waals surface area contributed by atoms with Gasteiger partial charge in [-0.05, 0) is 11.8 Å². The molecule has 4 heteroatoms. The Hall–Kier alpha value is -1.58. The fourth-order valence-corrected chi connectivity index (χ4v) is 2.48. The Morgan fingerprint density at radius 2 is 1.78 bits per heavy atom. The van der Waals surface area contributed by atoms with Gasteiger partial charge in [0.15, 0.2) is 11.5 Å². The lowest BCUT2D eigenvalue weighted by atomic mass is 9.93. The number of hydrogen-bond donors (Lipinski definition) is 1. The highest BCUT2D eigenvalue weighted by atomic mass is 16.5. The number of nitrogens with zero attached hydrogens (tertiary/aromatic N) is 1. The first kappa shape index (κ1) is 12.9. The number of benzene rings is 1. The Bertz CT molecular complexity index is 444. The summed E-state index contributed by atoms with van der Waals surface area (Å²) in [5, 5.41) is 0. The second kappa shape index (κ2) is 4.59. The molecular formula is C14H22N2O2. The predicted octanol–water partition coefficient (Wildman–Crippen LogP) is 2.52. The molecule has 1 aromatic rings. The summed E-state index contributed by atoms with van der Waals surface area (Å²) in [7, 11) is 3.27. The van der Waals surface area contributed by atoms with Gasteiger partial charge in [-0.3, -0.25) is 0 Å². The largest absolute Gasteiger partial charge is 0.493 e. The maximum absolute atomic E-state index is 6.11. The third-order valence-electron chi connectivity index (χ3n) is 3.55. The molecule has 1 aliphatic rings. The average Bonchev–Trinajstić information content (AvgIpc) is 2.69. The molecule has 0 atom stereocenters. The maximum atomic E-state index is 6.11. The monoisotopic (exact) mass is 250 g/mol. The molecular weight excluding hydrogens is 228 g/mol. The number of rotatable bonds is 3. The smallest absolute Gasteiger partial charge is 0.162 e. The van der Waals surface area contributed by atoms with Crippen LogP contribution in [0.3, 0.4) is 0 Å². The number of methoxy groups -OCH3 is 2. The number of nitrogens with two attached hydrogens (primary N) is 1. The molecule has 100 valence electrons. The first-order chi connectivity index (χ1) is 8.46. The van der Waals surface area contributed by atoms with Crippen molar-refractivity contribution in [2.24, 2.45) is 5.41 Å². The van der Waals surface area contributed by atoms with Crippen molar-refractivity contribution in [3.63, 3.8) is 0 Å². The highest BCUT2D eigenvalue weighted by Crippen LogP contribution is 2.40. The summed E-state index contributed by atoms with van der Waals surface area (Å²) >= 11 is 0. The van der Waals surface area contributed by atoms with E-state index in [-0.39, 0.29) is 0 Å². The molecule has 0 aliphatic carbocycles. The molecule has 0 unspecified atom stereocenters. The van der Waals surface area contributed by atoms with E-state index in [0.29, 0.717) is 11.2 Å². The quantitative estimate of drug-likeness (QED) is 0.837. The van der Waals surface area contributed by atoms with E-state index in [1.807, 2.05) is 12.1 Å². The molecule has 4 nitrogen and oxygen atoms in total. The van der Waals surface area contributed by atoms with Gasteiger partial charge in [0.05, 0.1) is 25.6 Å². The van der Waals surface area contributed by atoms with Gasteiger partial charge < -0.3 is 20.1 Å². The van der Waals surface area contributed by atoms with E-state index < -0.39 is 0 Å². The summed E-state index contributed by atoms with van der Waals surface area (Å²) in [5.41, 5.74) is 8.24. The molecule has 0 bridgehead atoms. The summed E-state index contributed by atoms with van der Waals surface area (Å²) in [6.45, 7) is 6.62. The summed E-state index contributed by atoms with van der Waals surface area (Å²) in [5.74, 6) is 1.41. The van der Waals surface area contributed by atoms with Crippen LogP contribution in [0.25, 0.3) is 0 Å². The lowest BCUT2D eigenvalue weighted by Gasteiger charge is -2.24. The Kier molecular flexibility index (Phi) is 3.28. The van der Waals surface area contributed by atoms with Crippen molar-refractivity contribution >= 4 is 11.4 Å². The van der Waals surface area contributed by atoms with E-state index in [1.165, 1.54) is 6.42 Å². The van der Waals surface area contributed by atoms with Crippen LogP contribution in [-0.2, 0) is 0 Å². The standard InChI is InChI=1S/C14H22N2O2/c1-14(2)5-6-16(9-14)11-8-13(18-4)12(17-3)7-10(11)15/h7-8H,5-6,9,15H2,1-4H3. The van der Waals surface area contributed by atoms with E-state index in [1.54, 1.807) is 14.2 Å². The molecule has 1 saturated heterocycles. The number of hydrogen-bond acceptors (Lipinski definition) is 4. The molecule has 0 amide bonds. The van der Waals surface area contributed by atoms with Gasteiger partial charge in [0.1, 0.15) is 0 Å². The molecule has 1 heterocycles. The Labute approximate surface area is 109 Å². The molecule has 2 N–H and O–H groups in total. The minimum Gasteiger partial charge on any atom is -0.493 e. The lowest BCUT2D eigenvalue weighted by molar-refractivity contribution is 0.355. The van der Waals surface area contributed by atoms with Crippen molar-refractivity contribution in [2.45, 2.75) is 20.3 Å². The zero-order valence-corrected chi connectivity index (χ0v) is 11.6. The van der Waals surface area contributed by atoms with Crippen molar-refractivity contribution < 1.29 is 9.47 Å². The Balaban J connectivity index is 2.34. The first-order valence-corrected chi connectivity index (χ1v) is 6.23. The van der Waals surface area contributed by atoms with Gasteiger partial charge in [0.2, 0.25) is 0 Å². The fraction of sp³-hybridized carbons (Fsp3) is 0.571. The Morgan fingerprint density at radius 3 is 2.28 bits per heavy atom. The highest BCUT2D eigenvalue weighted by Gasteiger charge is 2.30. The molecule has 1 aromatic carbocycles. The Morgan fingerprint density at radius 1 is 1.17 bits per heavy atom. The van der Waals surface area contributed by atoms with Crippen molar-refractivity contribution in [3.8, 4) is 11.5 Å². The van der Waals surface area contributed by atoms with Crippen LogP contribution in [0.1, 0.15) is 20.3 Å². The first-order valence-electron chi connectivity index (χ1n) is 6.23. The van der Waals surface area contributed by atoms with Gasteiger partial charge in [-0.25, -0.2) is 0 Å². The van der Waals surface area contributed by atoms with Crippen LogP contribution in [-0.4, -0.2) is 27.3 Å².